The lowest BCUT2D eigenvalue weighted by atomic mass is 10.2. The Morgan fingerprint density at radius 3 is 2.48 bits per heavy atom. The van der Waals surface area contributed by atoms with Crippen LogP contribution in [0.2, 0.25) is 0 Å². The second-order valence-corrected chi connectivity index (χ2v) is 6.69. The lowest BCUT2D eigenvalue weighted by Gasteiger charge is -2.11. The van der Waals surface area contributed by atoms with E-state index in [1.807, 2.05) is 4.72 Å². The number of para-hydroxylation sites is 1. The van der Waals surface area contributed by atoms with Crippen molar-refractivity contribution in [3.05, 3.63) is 58.1 Å². The molecule has 0 unspecified atom stereocenters. The molecule has 21 heavy (non-hydrogen) atoms. The summed E-state index contributed by atoms with van der Waals surface area (Å²) in [5, 5.41) is 9.03. The quantitative estimate of drug-likeness (QED) is 0.860. The summed E-state index contributed by atoms with van der Waals surface area (Å²) in [7, 11) is -4.33. The molecule has 4 nitrogen and oxygen atoms in total. The molecule has 0 aliphatic rings. The molecule has 8 heteroatoms. The molecule has 0 spiro atoms. The normalized spacial score (nSPS) is 11.4. The van der Waals surface area contributed by atoms with Gasteiger partial charge in [-0.05, 0) is 24.3 Å². The van der Waals surface area contributed by atoms with E-state index >= 15 is 0 Å². The van der Waals surface area contributed by atoms with Crippen molar-refractivity contribution in [3.63, 3.8) is 0 Å². The number of nitrogens with one attached hydrogen (secondary N) is 1. The van der Waals surface area contributed by atoms with Gasteiger partial charge in [-0.2, -0.15) is 0 Å². The lowest BCUT2D eigenvalue weighted by molar-refractivity contribution is 0.274. The highest BCUT2D eigenvalue weighted by Gasteiger charge is 2.23. The van der Waals surface area contributed by atoms with Crippen LogP contribution in [0, 0.1) is 11.6 Å². The third-order valence-corrected chi connectivity index (χ3v) is 4.48. The summed E-state index contributed by atoms with van der Waals surface area (Å²) >= 11 is 3.04. The van der Waals surface area contributed by atoms with E-state index in [0.717, 1.165) is 12.1 Å². The molecule has 0 saturated carbocycles. The van der Waals surface area contributed by atoms with Gasteiger partial charge in [0, 0.05) is 10.0 Å². The van der Waals surface area contributed by atoms with Gasteiger partial charge in [-0.15, -0.1) is 0 Å². The Morgan fingerprint density at radius 1 is 1.19 bits per heavy atom. The summed E-state index contributed by atoms with van der Waals surface area (Å²) in [4.78, 5) is -0.677. The van der Waals surface area contributed by atoms with Crippen LogP contribution in [-0.4, -0.2) is 13.5 Å². The molecule has 0 heterocycles. The van der Waals surface area contributed by atoms with E-state index in [0.29, 0.717) is 0 Å². The first-order valence-corrected chi connectivity index (χ1v) is 7.99. The maximum atomic E-state index is 14.1. The average Bonchev–Trinajstić information content (AvgIpc) is 2.43. The van der Waals surface area contributed by atoms with E-state index in [4.69, 9.17) is 5.11 Å². The molecular weight excluding hydrogens is 368 g/mol. The maximum Gasteiger partial charge on any atom is 0.264 e. The highest BCUT2D eigenvalue weighted by Crippen LogP contribution is 2.26. The topological polar surface area (TPSA) is 66.4 Å². The molecular formula is C13H10BrF2NO3S. The zero-order valence-corrected chi connectivity index (χ0v) is 12.9. The van der Waals surface area contributed by atoms with Crippen molar-refractivity contribution in [1.82, 2.24) is 0 Å². The maximum absolute atomic E-state index is 14.1. The molecule has 0 atom stereocenters. The van der Waals surface area contributed by atoms with Crippen molar-refractivity contribution < 1.29 is 22.3 Å². The minimum Gasteiger partial charge on any atom is -0.392 e. The summed E-state index contributed by atoms with van der Waals surface area (Å²) in [5.74, 6) is -1.86. The molecule has 0 amide bonds. The molecule has 0 aromatic heterocycles. The predicted octanol–water partition coefficient (Wildman–Crippen LogP) is 3.02. The molecule has 0 saturated heterocycles. The van der Waals surface area contributed by atoms with Crippen LogP contribution in [0.15, 0.2) is 45.8 Å². The number of halogens is 3. The van der Waals surface area contributed by atoms with Gasteiger partial charge >= 0.3 is 0 Å². The van der Waals surface area contributed by atoms with E-state index in [9.17, 15) is 17.2 Å². The minimum atomic E-state index is -4.33. The molecule has 2 aromatic rings. The van der Waals surface area contributed by atoms with Crippen molar-refractivity contribution in [2.75, 3.05) is 4.72 Å². The number of hydrogen-bond donors (Lipinski definition) is 2. The smallest absolute Gasteiger partial charge is 0.264 e. The molecule has 2 rings (SSSR count). The largest absolute Gasteiger partial charge is 0.392 e. The number of aliphatic hydroxyl groups excluding tert-OH is 1. The number of benzene rings is 2. The fourth-order valence-electron chi connectivity index (χ4n) is 1.67. The molecule has 0 bridgehead atoms. The molecule has 0 aliphatic heterocycles. The Hall–Kier alpha value is -1.51. The van der Waals surface area contributed by atoms with Crippen molar-refractivity contribution >= 4 is 31.6 Å². The zero-order chi connectivity index (χ0) is 15.6. The summed E-state index contributed by atoms with van der Waals surface area (Å²) in [6.07, 6.45) is 0. The van der Waals surface area contributed by atoms with Crippen LogP contribution in [0.3, 0.4) is 0 Å². The van der Waals surface area contributed by atoms with Crippen LogP contribution in [0.5, 0.6) is 0 Å². The molecule has 2 N–H and O–H groups in total. The molecule has 112 valence electrons. The fourth-order valence-corrected chi connectivity index (χ4v) is 3.54. The predicted molar refractivity (Wildman–Crippen MR) is 77.2 cm³/mol. The monoisotopic (exact) mass is 377 g/mol. The van der Waals surface area contributed by atoms with E-state index in [-0.39, 0.29) is 15.7 Å². The summed E-state index contributed by atoms with van der Waals surface area (Å²) < 4.78 is 54.2. The third-order valence-electron chi connectivity index (χ3n) is 2.66. The van der Waals surface area contributed by atoms with Gasteiger partial charge < -0.3 is 5.11 Å². The molecule has 0 aliphatic carbocycles. The second-order valence-electron chi connectivity index (χ2n) is 4.12. The highest BCUT2D eigenvalue weighted by molar-refractivity contribution is 9.10. The first kappa shape index (κ1) is 15.9. The van der Waals surface area contributed by atoms with Gasteiger partial charge in [0.2, 0.25) is 0 Å². The third kappa shape index (κ3) is 3.39. The van der Waals surface area contributed by atoms with E-state index in [2.05, 4.69) is 15.9 Å². The Kier molecular flexibility index (Phi) is 4.60. The first-order chi connectivity index (χ1) is 9.85. The highest BCUT2D eigenvalue weighted by atomic mass is 79.9. The summed E-state index contributed by atoms with van der Waals surface area (Å²) in [6.45, 7) is -0.659. The Morgan fingerprint density at radius 2 is 1.86 bits per heavy atom. The average molecular weight is 378 g/mol. The van der Waals surface area contributed by atoms with Crippen LogP contribution in [-0.2, 0) is 16.6 Å². The van der Waals surface area contributed by atoms with Crippen molar-refractivity contribution in [2.45, 2.75) is 11.5 Å². The zero-order valence-electron chi connectivity index (χ0n) is 10.5. The van der Waals surface area contributed by atoms with Gasteiger partial charge in [-0.25, -0.2) is 17.2 Å². The number of aliphatic hydroxyl groups is 1. The van der Waals surface area contributed by atoms with Gasteiger partial charge in [0.15, 0.2) is 0 Å². The molecule has 0 radical (unpaired) electrons. The Labute approximate surface area is 128 Å². The fraction of sp³-hybridized carbons (Fsp3) is 0.0769. The Bertz CT molecular complexity index is 781. The van der Waals surface area contributed by atoms with Crippen LogP contribution in [0.1, 0.15) is 5.56 Å². The molecule has 2 aromatic carbocycles. The van der Waals surface area contributed by atoms with Gasteiger partial charge in [0.05, 0.1) is 12.3 Å². The van der Waals surface area contributed by atoms with Crippen LogP contribution < -0.4 is 4.72 Å². The van der Waals surface area contributed by atoms with E-state index in [1.54, 1.807) is 0 Å². The van der Waals surface area contributed by atoms with Crippen LogP contribution in [0.25, 0.3) is 0 Å². The first-order valence-electron chi connectivity index (χ1n) is 5.71. The van der Waals surface area contributed by atoms with Crippen LogP contribution >= 0.6 is 15.9 Å². The summed E-state index contributed by atoms with van der Waals surface area (Å²) in [5.41, 5.74) is -0.472. The van der Waals surface area contributed by atoms with Gasteiger partial charge in [0.1, 0.15) is 16.5 Å². The SMILES string of the molecule is O=S(=O)(Nc1ccccc1F)c1cc(Br)cc(CO)c1F. The number of anilines is 1. The second kappa shape index (κ2) is 6.08. The van der Waals surface area contributed by atoms with Gasteiger partial charge in [0.25, 0.3) is 10.0 Å². The number of rotatable bonds is 4. The van der Waals surface area contributed by atoms with Gasteiger partial charge in [-0.1, -0.05) is 28.1 Å². The minimum absolute atomic E-state index is 0.182. The number of hydrogen-bond acceptors (Lipinski definition) is 3. The standard InChI is InChI=1S/C13H10BrF2NO3S/c14-9-5-8(7-18)13(16)12(6-9)21(19,20)17-11-4-2-1-3-10(11)15/h1-6,17-18H,7H2. The summed E-state index contributed by atoms with van der Waals surface area (Å²) in [6, 6.07) is 7.44. The Balaban J connectivity index is 2.50. The van der Waals surface area contributed by atoms with Crippen LogP contribution in [0.4, 0.5) is 14.5 Å². The van der Waals surface area contributed by atoms with Crippen molar-refractivity contribution in [1.29, 1.82) is 0 Å². The van der Waals surface area contributed by atoms with E-state index in [1.165, 1.54) is 24.3 Å². The van der Waals surface area contributed by atoms with E-state index < -0.39 is 33.2 Å². The lowest BCUT2D eigenvalue weighted by Crippen LogP contribution is -2.16. The number of sulfonamides is 1. The molecule has 0 fully saturated rings. The van der Waals surface area contributed by atoms with Crippen molar-refractivity contribution in [3.8, 4) is 0 Å². The van der Waals surface area contributed by atoms with Gasteiger partial charge in [-0.3, -0.25) is 4.72 Å². The van der Waals surface area contributed by atoms with Crippen molar-refractivity contribution in [2.24, 2.45) is 0 Å².